The Kier molecular flexibility index (Phi) is 7.28. The largest absolute Gasteiger partial charge is 0.482 e. The van der Waals surface area contributed by atoms with Crippen molar-refractivity contribution in [2.24, 2.45) is 0 Å². The Hall–Kier alpha value is -5.00. The van der Waals surface area contributed by atoms with Gasteiger partial charge in [-0.25, -0.2) is 8.78 Å². The van der Waals surface area contributed by atoms with Gasteiger partial charge in [-0.1, -0.05) is 54.6 Å². The van der Waals surface area contributed by atoms with Crippen molar-refractivity contribution in [2.45, 2.75) is 31.7 Å². The number of nitrogens with zero attached hydrogens (tertiary/aromatic N) is 4. The van der Waals surface area contributed by atoms with Gasteiger partial charge in [0, 0.05) is 53.5 Å². The zero-order valence-electron chi connectivity index (χ0n) is 26.5. The van der Waals surface area contributed by atoms with Crippen LogP contribution < -0.4 is 20.1 Å². The smallest absolute Gasteiger partial charge is 0.278 e. The number of hydrogen-bond acceptors (Lipinski definition) is 7. The van der Waals surface area contributed by atoms with Crippen LogP contribution in [0.1, 0.15) is 46.1 Å². The Balaban J connectivity index is 1.29. The number of amides is 1. The molecule has 0 N–H and O–H groups in total. The van der Waals surface area contributed by atoms with Gasteiger partial charge in [-0.05, 0) is 47.7 Å². The van der Waals surface area contributed by atoms with E-state index < -0.39 is 29.3 Å². The van der Waals surface area contributed by atoms with E-state index in [9.17, 15) is 9.59 Å². The number of fused-ring (bicyclic) bond motifs is 7. The van der Waals surface area contributed by atoms with Crippen LogP contribution in [-0.2, 0) is 11.3 Å². The monoisotopic (exact) mass is 678 g/mol. The molecule has 0 spiro atoms. The average Bonchev–Trinajstić information content (AvgIpc) is 3.81. The molecule has 0 radical (unpaired) electrons. The first-order chi connectivity index (χ1) is 24.0. The van der Waals surface area contributed by atoms with Crippen LogP contribution in [-0.4, -0.2) is 54.5 Å². The summed E-state index contributed by atoms with van der Waals surface area (Å²) in [6.07, 6.45) is 3.02. The highest BCUT2D eigenvalue weighted by molar-refractivity contribution is 7.20. The zero-order chi connectivity index (χ0) is 33.2. The number of carbonyl (C=O) groups is 1. The Morgan fingerprint density at radius 1 is 0.878 bits per heavy atom. The van der Waals surface area contributed by atoms with Crippen molar-refractivity contribution in [1.82, 2.24) is 9.58 Å². The standard InChI is InChI=1S/C38H32F2N4O4S/c39-27-12-13-28(40)33-32(27)26-20-31(41-15-6-7-16-41)49-37(26)25-11-5-4-10-24(25)34(33)44-30-22-47-19-18-42(30)38(46)35-36(29(45)14-17-43(35)44)48-21-23-8-2-1-3-9-23/h1-5,8-14,17,20,30,34H,6-7,15-16,18-19,21-22H2/t30-,34?/m1/s1. The van der Waals surface area contributed by atoms with Crippen molar-refractivity contribution in [3.8, 4) is 27.3 Å². The molecule has 1 aliphatic carbocycles. The molecule has 3 aromatic carbocycles. The van der Waals surface area contributed by atoms with Crippen LogP contribution in [0.15, 0.2) is 89.9 Å². The number of aromatic nitrogens is 1. The third kappa shape index (κ3) is 4.78. The van der Waals surface area contributed by atoms with Gasteiger partial charge in [0.1, 0.15) is 30.4 Å². The van der Waals surface area contributed by atoms with E-state index >= 15 is 8.78 Å². The highest BCUT2D eigenvalue weighted by Gasteiger charge is 2.47. The summed E-state index contributed by atoms with van der Waals surface area (Å²) in [6, 6.07) is 22.0. The number of hydrogen-bond donors (Lipinski definition) is 0. The molecule has 1 unspecified atom stereocenters. The third-order valence-electron chi connectivity index (χ3n) is 9.97. The molecule has 5 heterocycles. The predicted octanol–water partition coefficient (Wildman–Crippen LogP) is 6.55. The summed E-state index contributed by atoms with van der Waals surface area (Å²) in [7, 11) is 0. The topological polar surface area (TPSA) is 67.2 Å². The van der Waals surface area contributed by atoms with Crippen molar-refractivity contribution in [3.63, 3.8) is 0 Å². The van der Waals surface area contributed by atoms with Gasteiger partial charge in [-0.2, -0.15) is 0 Å². The van der Waals surface area contributed by atoms with Crippen LogP contribution in [0.25, 0.3) is 21.6 Å². The van der Waals surface area contributed by atoms with E-state index in [2.05, 4.69) is 4.90 Å². The van der Waals surface area contributed by atoms with Crippen LogP contribution in [0, 0.1) is 11.6 Å². The molecule has 1 amide bonds. The molecular weight excluding hydrogens is 647 g/mol. The molecule has 2 aromatic heterocycles. The lowest BCUT2D eigenvalue weighted by molar-refractivity contribution is -0.0198. The minimum absolute atomic E-state index is 0.0350. The molecule has 11 heteroatoms. The van der Waals surface area contributed by atoms with Gasteiger partial charge in [-0.3, -0.25) is 19.3 Å². The number of anilines is 1. The van der Waals surface area contributed by atoms with Crippen molar-refractivity contribution in [2.75, 3.05) is 42.8 Å². The number of halogens is 2. The first kappa shape index (κ1) is 30.1. The number of carbonyl (C=O) groups excluding carboxylic acids is 1. The van der Waals surface area contributed by atoms with Crippen molar-refractivity contribution in [3.05, 3.63) is 129 Å². The molecule has 2 fully saturated rings. The number of benzene rings is 3. The molecule has 3 aliphatic heterocycles. The van der Waals surface area contributed by atoms with Gasteiger partial charge in [0.15, 0.2) is 11.4 Å². The maximum atomic E-state index is 16.7. The van der Waals surface area contributed by atoms with E-state index in [4.69, 9.17) is 9.47 Å². The average molecular weight is 679 g/mol. The van der Waals surface area contributed by atoms with Gasteiger partial charge >= 0.3 is 0 Å². The van der Waals surface area contributed by atoms with Gasteiger partial charge < -0.3 is 19.3 Å². The van der Waals surface area contributed by atoms with Crippen LogP contribution >= 0.6 is 11.3 Å². The van der Waals surface area contributed by atoms with Crippen LogP contribution in [0.4, 0.5) is 13.8 Å². The van der Waals surface area contributed by atoms with Crippen molar-refractivity contribution >= 4 is 22.2 Å². The fourth-order valence-corrected chi connectivity index (χ4v) is 8.99. The summed E-state index contributed by atoms with van der Waals surface area (Å²) in [6.45, 7) is 2.59. The lowest BCUT2D eigenvalue weighted by Crippen LogP contribution is -2.66. The molecule has 2 atom stereocenters. The van der Waals surface area contributed by atoms with Crippen LogP contribution in [0.3, 0.4) is 0 Å². The summed E-state index contributed by atoms with van der Waals surface area (Å²) in [5.74, 6) is -1.58. The fourth-order valence-electron chi connectivity index (χ4n) is 7.73. The van der Waals surface area contributed by atoms with E-state index in [1.807, 2.05) is 65.7 Å². The molecule has 5 aromatic rings. The highest BCUT2D eigenvalue weighted by Crippen LogP contribution is 2.54. The molecule has 49 heavy (non-hydrogen) atoms. The van der Waals surface area contributed by atoms with Gasteiger partial charge in [-0.15, -0.1) is 11.3 Å². The number of ether oxygens (including phenoxy) is 2. The van der Waals surface area contributed by atoms with Gasteiger partial charge in [0.05, 0.1) is 18.2 Å². The SMILES string of the molecule is O=C1c2c(OCc3ccccc3)c(=O)ccn2N(C2c3ccccc3-c3sc(N4CCCC4)cc3-c3c(F)ccc(F)c32)[C@@H]2COCCN12. The first-order valence-electron chi connectivity index (χ1n) is 16.6. The Labute approximate surface area is 285 Å². The third-order valence-corrected chi connectivity index (χ3v) is 11.2. The summed E-state index contributed by atoms with van der Waals surface area (Å²) >= 11 is 1.59. The lowest BCUT2D eigenvalue weighted by atomic mass is 9.91. The summed E-state index contributed by atoms with van der Waals surface area (Å²) < 4.78 is 46.7. The molecular formula is C38H32F2N4O4S. The summed E-state index contributed by atoms with van der Waals surface area (Å²) in [5.41, 5.74) is 3.03. The lowest BCUT2D eigenvalue weighted by Gasteiger charge is -2.51. The number of rotatable bonds is 5. The molecule has 2 saturated heterocycles. The van der Waals surface area contributed by atoms with E-state index in [1.54, 1.807) is 20.9 Å². The van der Waals surface area contributed by atoms with Crippen molar-refractivity contribution in [1.29, 1.82) is 0 Å². The Bertz CT molecular complexity index is 2160. The number of morpholine rings is 1. The molecule has 4 aliphatic rings. The van der Waals surface area contributed by atoms with Gasteiger partial charge in [0.25, 0.3) is 5.91 Å². The minimum atomic E-state index is -0.915. The van der Waals surface area contributed by atoms with E-state index in [-0.39, 0.29) is 48.2 Å². The van der Waals surface area contributed by atoms with E-state index in [0.29, 0.717) is 12.2 Å². The molecule has 248 valence electrons. The molecule has 0 saturated carbocycles. The maximum Gasteiger partial charge on any atom is 0.278 e. The Morgan fingerprint density at radius 3 is 2.49 bits per heavy atom. The van der Waals surface area contributed by atoms with Crippen molar-refractivity contribution < 1.29 is 23.0 Å². The molecule has 9 rings (SSSR count). The zero-order valence-corrected chi connectivity index (χ0v) is 27.3. The molecule has 8 nitrogen and oxygen atoms in total. The molecule has 0 bridgehead atoms. The maximum absolute atomic E-state index is 16.7. The minimum Gasteiger partial charge on any atom is -0.482 e. The summed E-state index contributed by atoms with van der Waals surface area (Å²) in [5, 5.41) is 2.90. The van der Waals surface area contributed by atoms with E-state index in [1.165, 1.54) is 24.4 Å². The number of thiophene rings is 1. The second kappa shape index (κ2) is 11.9. The van der Waals surface area contributed by atoms with Crippen LogP contribution in [0.5, 0.6) is 5.75 Å². The second-order valence-electron chi connectivity index (χ2n) is 12.7. The van der Waals surface area contributed by atoms with E-state index in [0.717, 1.165) is 52.5 Å². The van der Waals surface area contributed by atoms with Crippen LogP contribution in [0.2, 0.25) is 0 Å². The quantitative estimate of drug-likeness (QED) is 0.210. The highest BCUT2D eigenvalue weighted by atomic mass is 32.1. The summed E-state index contributed by atoms with van der Waals surface area (Å²) in [4.78, 5) is 32.6. The second-order valence-corrected chi connectivity index (χ2v) is 13.8. The Morgan fingerprint density at radius 2 is 1.65 bits per heavy atom. The number of pyridine rings is 1. The fraction of sp³-hybridized carbons (Fsp3) is 0.263. The van der Waals surface area contributed by atoms with Gasteiger partial charge in [0.2, 0.25) is 5.43 Å². The normalized spacial score (nSPS) is 19.5. The first-order valence-corrected chi connectivity index (χ1v) is 17.4. The predicted molar refractivity (Wildman–Crippen MR) is 184 cm³/mol.